The number of aromatic nitrogens is 1. The van der Waals surface area contributed by atoms with E-state index in [1.165, 1.54) is 0 Å². The van der Waals surface area contributed by atoms with Crippen LogP contribution in [0.2, 0.25) is 0 Å². The van der Waals surface area contributed by atoms with E-state index >= 15 is 0 Å². The van der Waals surface area contributed by atoms with E-state index in [4.69, 9.17) is 0 Å². The summed E-state index contributed by atoms with van der Waals surface area (Å²) in [5, 5.41) is 0. The van der Waals surface area contributed by atoms with E-state index in [1.807, 2.05) is 11.0 Å². The molecule has 0 N–H and O–H groups in total. The lowest BCUT2D eigenvalue weighted by molar-refractivity contribution is 0.0533. The van der Waals surface area contributed by atoms with Crippen LogP contribution in [0.1, 0.15) is 17.3 Å². The molecular formula is C12H16BrN3O. The normalized spacial score (nSPS) is 21.6. The van der Waals surface area contributed by atoms with Gasteiger partial charge in [0.05, 0.1) is 5.56 Å². The highest BCUT2D eigenvalue weighted by atomic mass is 79.9. The molecule has 0 saturated carbocycles. The van der Waals surface area contributed by atoms with Gasteiger partial charge >= 0.3 is 0 Å². The van der Waals surface area contributed by atoms with Crippen molar-refractivity contribution < 1.29 is 4.79 Å². The number of carbonyl (C=O) groups is 1. The van der Waals surface area contributed by atoms with Gasteiger partial charge in [-0.3, -0.25) is 9.78 Å². The lowest BCUT2D eigenvalue weighted by Gasteiger charge is -2.38. The molecule has 1 saturated heterocycles. The standard InChI is InChI=1S/C12H16BrN3O/c1-9-8-15(2)3-4-16(9)12(17)10-5-11(13)7-14-6-10/h5-7,9H,3-4,8H2,1-2H3. The number of carbonyl (C=O) groups excluding carboxylic acids is 1. The Hall–Kier alpha value is -0.940. The highest BCUT2D eigenvalue weighted by Gasteiger charge is 2.26. The number of piperazine rings is 1. The Morgan fingerprint density at radius 1 is 1.47 bits per heavy atom. The third kappa shape index (κ3) is 2.84. The summed E-state index contributed by atoms with van der Waals surface area (Å²) in [5.41, 5.74) is 0.649. The molecule has 4 nitrogen and oxygen atoms in total. The van der Waals surface area contributed by atoms with Crippen LogP contribution < -0.4 is 0 Å². The lowest BCUT2D eigenvalue weighted by atomic mass is 10.1. The largest absolute Gasteiger partial charge is 0.333 e. The van der Waals surface area contributed by atoms with Crippen molar-refractivity contribution in [1.29, 1.82) is 0 Å². The van der Waals surface area contributed by atoms with Crippen LogP contribution >= 0.6 is 15.9 Å². The minimum Gasteiger partial charge on any atom is -0.333 e. The average molecular weight is 298 g/mol. The maximum Gasteiger partial charge on any atom is 0.255 e. The van der Waals surface area contributed by atoms with Crippen LogP contribution in [0.15, 0.2) is 22.9 Å². The third-order valence-electron chi connectivity index (χ3n) is 3.04. The Kier molecular flexibility index (Phi) is 3.79. The fourth-order valence-corrected chi connectivity index (χ4v) is 2.50. The third-order valence-corrected chi connectivity index (χ3v) is 3.48. The number of rotatable bonds is 1. The van der Waals surface area contributed by atoms with Crippen LogP contribution in [0.3, 0.4) is 0 Å². The number of likely N-dealkylation sites (N-methyl/N-ethyl adjacent to an activating group) is 1. The number of halogens is 1. The van der Waals surface area contributed by atoms with E-state index < -0.39 is 0 Å². The summed E-state index contributed by atoms with van der Waals surface area (Å²) >= 11 is 3.34. The molecular weight excluding hydrogens is 282 g/mol. The second-order valence-electron chi connectivity index (χ2n) is 4.50. The van der Waals surface area contributed by atoms with E-state index in [1.54, 1.807) is 12.4 Å². The molecule has 1 aliphatic heterocycles. The van der Waals surface area contributed by atoms with Crippen molar-refractivity contribution in [1.82, 2.24) is 14.8 Å². The van der Waals surface area contributed by atoms with Gasteiger partial charge in [-0.1, -0.05) is 0 Å². The molecule has 92 valence electrons. The molecule has 0 aliphatic carbocycles. The topological polar surface area (TPSA) is 36.4 Å². The summed E-state index contributed by atoms with van der Waals surface area (Å²) in [4.78, 5) is 20.5. The molecule has 1 aliphatic rings. The molecule has 2 rings (SSSR count). The van der Waals surface area contributed by atoms with Crippen molar-refractivity contribution in [2.45, 2.75) is 13.0 Å². The van der Waals surface area contributed by atoms with Crippen LogP contribution in [-0.2, 0) is 0 Å². The maximum absolute atomic E-state index is 12.3. The van der Waals surface area contributed by atoms with Gasteiger partial charge in [-0.25, -0.2) is 0 Å². The molecule has 1 amide bonds. The van der Waals surface area contributed by atoms with Crippen LogP contribution in [0.25, 0.3) is 0 Å². The van der Waals surface area contributed by atoms with E-state index in [2.05, 4.69) is 39.8 Å². The Morgan fingerprint density at radius 3 is 2.88 bits per heavy atom. The highest BCUT2D eigenvalue weighted by molar-refractivity contribution is 9.10. The predicted octanol–water partition coefficient (Wildman–Crippen LogP) is 1.62. The first-order valence-corrected chi connectivity index (χ1v) is 6.47. The summed E-state index contributed by atoms with van der Waals surface area (Å²) in [6, 6.07) is 2.07. The van der Waals surface area contributed by atoms with Gasteiger partial charge < -0.3 is 9.80 Å². The zero-order valence-electron chi connectivity index (χ0n) is 10.1. The molecule has 1 aromatic heterocycles. The van der Waals surface area contributed by atoms with Crippen LogP contribution in [0.5, 0.6) is 0 Å². The second kappa shape index (κ2) is 5.14. The first-order chi connectivity index (χ1) is 8.08. The summed E-state index contributed by atoms with van der Waals surface area (Å²) in [6.07, 6.45) is 3.31. The van der Waals surface area contributed by atoms with Crippen molar-refractivity contribution in [2.24, 2.45) is 0 Å². The van der Waals surface area contributed by atoms with Crippen LogP contribution in [0, 0.1) is 0 Å². The van der Waals surface area contributed by atoms with Crippen LogP contribution in [-0.4, -0.2) is 53.4 Å². The van der Waals surface area contributed by atoms with Gasteiger partial charge in [0.1, 0.15) is 0 Å². The Balaban J connectivity index is 2.15. The SMILES string of the molecule is CC1CN(C)CCN1C(=O)c1cncc(Br)c1. The van der Waals surface area contributed by atoms with Crippen molar-refractivity contribution in [3.8, 4) is 0 Å². The molecule has 5 heteroatoms. The molecule has 1 aromatic rings. The predicted molar refractivity (Wildman–Crippen MR) is 69.9 cm³/mol. The number of hydrogen-bond donors (Lipinski definition) is 0. The summed E-state index contributed by atoms with van der Waals surface area (Å²) in [5.74, 6) is 0.0689. The molecule has 0 bridgehead atoms. The van der Waals surface area contributed by atoms with Gasteiger partial charge in [-0.15, -0.1) is 0 Å². The van der Waals surface area contributed by atoms with E-state index in [9.17, 15) is 4.79 Å². The van der Waals surface area contributed by atoms with Crippen molar-refractivity contribution in [2.75, 3.05) is 26.7 Å². The Labute approximate surface area is 110 Å². The molecule has 1 unspecified atom stereocenters. The number of hydrogen-bond acceptors (Lipinski definition) is 3. The second-order valence-corrected chi connectivity index (χ2v) is 5.42. The van der Waals surface area contributed by atoms with Gasteiger partial charge in [-0.2, -0.15) is 0 Å². The number of pyridine rings is 1. The van der Waals surface area contributed by atoms with E-state index in [0.29, 0.717) is 5.56 Å². The minimum atomic E-state index is 0.0689. The highest BCUT2D eigenvalue weighted by Crippen LogP contribution is 2.15. The molecule has 0 spiro atoms. The summed E-state index contributed by atoms with van der Waals surface area (Å²) < 4.78 is 0.838. The zero-order valence-corrected chi connectivity index (χ0v) is 11.6. The van der Waals surface area contributed by atoms with Crippen molar-refractivity contribution >= 4 is 21.8 Å². The Morgan fingerprint density at radius 2 is 2.24 bits per heavy atom. The fraction of sp³-hybridized carbons (Fsp3) is 0.500. The monoisotopic (exact) mass is 297 g/mol. The lowest BCUT2D eigenvalue weighted by Crippen LogP contribution is -2.52. The first-order valence-electron chi connectivity index (χ1n) is 5.68. The smallest absolute Gasteiger partial charge is 0.255 e. The molecule has 1 atom stereocenters. The first kappa shape index (κ1) is 12.5. The zero-order chi connectivity index (χ0) is 12.4. The van der Waals surface area contributed by atoms with Crippen LogP contribution in [0.4, 0.5) is 0 Å². The molecule has 2 heterocycles. The fourth-order valence-electron chi connectivity index (χ4n) is 2.14. The van der Waals surface area contributed by atoms with E-state index in [0.717, 1.165) is 24.1 Å². The Bertz CT molecular complexity index is 424. The van der Waals surface area contributed by atoms with E-state index in [-0.39, 0.29) is 11.9 Å². The summed E-state index contributed by atoms with van der Waals surface area (Å²) in [6.45, 7) is 4.71. The van der Waals surface area contributed by atoms with Gasteiger partial charge in [0.25, 0.3) is 5.91 Å². The average Bonchev–Trinajstić information content (AvgIpc) is 2.28. The van der Waals surface area contributed by atoms with Gasteiger partial charge in [0.2, 0.25) is 0 Å². The molecule has 0 aromatic carbocycles. The van der Waals surface area contributed by atoms with Gasteiger partial charge in [-0.05, 0) is 36.0 Å². The molecule has 1 fully saturated rings. The minimum absolute atomic E-state index is 0.0689. The number of nitrogens with zero attached hydrogens (tertiary/aromatic N) is 3. The number of amides is 1. The molecule has 17 heavy (non-hydrogen) atoms. The molecule has 0 radical (unpaired) electrons. The summed E-state index contributed by atoms with van der Waals surface area (Å²) in [7, 11) is 2.08. The van der Waals surface area contributed by atoms with Crippen molar-refractivity contribution in [3.05, 3.63) is 28.5 Å². The van der Waals surface area contributed by atoms with Crippen molar-refractivity contribution in [3.63, 3.8) is 0 Å². The maximum atomic E-state index is 12.3. The van der Waals surface area contributed by atoms with Gasteiger partial charge in [0.15, 0.2) is 0 Å². The quantitative estimate of drug-likeness (QED) is 0.790. The van der Waals surface area contributed by atoms with Gasteiger partial charge in [0, 0.05) is 42.5 Å².